The van der Waals surface area contributed by atoms with Crippen molar-refractivity contribution in [1.82, 2.24) is 5.32 Å². The lowest BCUT2D eigenvalue weighted by molar-refractivity contribution is 0.145. The minimum absolute atomic E-state index is 0.226. The number of carbonyl (C=O) groups is 1. The first-order valence-corrected chi connectivity index (χ1v) is 4.91. The lowest BCUT2D eigenvalue weighted by atomic mass is 10.0. The summed E-state index contributed by atoms with van der Waals surface area (Å²) < 4.78 is 4.81. The summed E-state index contributed by atoms with van der Waals surface area (Å²) in [6, 6.07) is 0.226. The van der Waals surface area contributed by atoms with Gasteiger partial charge in [-0.3, -0.25) is 0 Å². The smallest absolute Gasteiger partial charge is 0.407 e. The maximum atomic E-state index is 11.1. The Kier molecular flexibility index (Phi) is 4.02. The second kappa shape index (κ2) is 5.07. The summed E-state index contributed by atoms with van der Waals surface area (Å²) in [7, 11) is 0. The predicted octanol–water partition coefficient (Wildman–Crippen LogP) is 0.860. The summed E-state index contributed by atoms with van der Waals surface area (Å²) in [6.45, 7) is 2.87. The van der Waals surface area contributed by atoms with Gasteiger partial charge in [-0.1, -0.05) is 6.42 Å². The van der Waals surface area contributed by atoms with Crippen LogP contribution in [0.5, 0.6) is 0 Å². The van der Waals surface area contributed by atoms with Crippen molar-refractivity contribution in [3.8, 4) is 0 Å². The summed E-state index contributed by atoms with van der Waals surface area (Å²) in [5, 5.41) is 2.84. The molecule has 1 amide bonds. The van der Waals surface area contributed by atoms with Crippen LogP contribution in [-0.4, -0.2) is 25.3 Å². The molecule has 0 aromatic heterocycles. The Morgan fingerprint density at radius 3 is 3.00 bits per heavy atom. The van der Waals surface area contributed by atoms with Crippen LogP contribution in [0.3, 0.4) is 0 Å². The highest BCUT2D eigenvalue weighted by atomic mass is 16.5. The topological polar surface area (TPSA) is 64.3 Å². The van der Waals surface area contributed by atoms with Crippen molar-refractivity contribution >= 4 is 6.09 Å². The average Bonchev–Trinajstić information content (AvgIpc) is 2.52. The normalized spacial score (nSPS) is 27.2. The molecule has 0 bridgehead atoms. The van der Waals surface area contributed by atoms with E-state index in [0.29, 0.717) is 19.1 Å². The number of hydrogen-bond acceptors (Lipinski definition) is 3. The SMILES string of the molecule is CCOC(=O)NC1CCCC1CN. The molecule has 4 nitrogen and oxygen atoms in total. The average molecular weight is 186 g/mol. The lowest BCUT2D eigenvalue weighted by Gasteiger charge is -2.18. The third-order valence-electron chi connectivity index (χ3n) is 2.54. The van der Waals surface area contributed by atoms with Crippen molar-refractivity contribution in [3.63, 3.8) is 0 Å². The highest BCUT2D eigenvalue weighted by molar-refractivity contribution is 5.67. The van der Waals surface area contributed by atoms with E-state index in [1.54, 1.807) is 6.92 Å². The van der Waals surface area contributed by atoms with Gasteiger partial charge >= 0.3 is 6.09 Å². The molecule has 0 saturated heterocycles. The van der Waals surface area contributed by atoms with Crippen molar-refractivity contribution in [2.24, 2.45) is 11.7 Å². The minimum atomic E-state index is -0.312. The van der Waals surface area contributed by atoms with E-state index in [1.165, 1.54) is 0 Å². The number of ether oxygens (including phenoxy) is 1. The van der Waals surface area contributed by atoms with Crippen LogP contribution in [0.25, 0.3) is 0 Å². The van der Waals surface area contributed by atoms with Gasteiger partial charge in [0.05, 0.1) is 6.61 Å². The van der Waals surface area contributed by atoms with Gasteiger partial charge in [0.1, 0.15) is 0 Å². The number of rotatable bonds is 3. The van der Waals surface area contributed by atoms with Gasteiger partial charge in [-0.25, -0.2) is 4.79 Å². The van der Waals surface area contributed by atoms with Crippen LogP contribution in [0.15, 0.2) is 0 Å². The molecule has 1 saturated carbocycles. The van der Waals surface area contributed by atoms with Crippen LogP contribution in [0.1, 0.15) is 26.2 Å². The Labute approximate surface area is 78.8 Å². The van der Waals surface area contributed by atoms with Crippen LogP contribution in [0.4, 0.5) is 4.79 Å². The maximum absolute atomic E-state index is 11.1. The zero-order chi connectivity index (χ0) is 9.68. The molecule has 0 radical (unpaired) electrons. The highest BCUT2D eigenvalue weighted by Crippen LogP contribution is 2.24. The monoisotopic (exact) mass is 186 g/mol. The molecule has 1 rings (SSSR count). The molecular weight excluding hydrogens is 168 g/mol. The maximum Gasteiger partial charge on any atom is 0.407 e. The van der Waals surface area contributed by atoms with Gasteiger partial charge in [0, 0.05) is 6.04 Å². The van der Waals surface area contributed by atoms with E-state index in [9.17, 15) is 4.79 Å². The standard InChI is InChI=1S/C9H18N2O2/c1-2-13-9(12)11-8-5-3-4-7(8)6-10/h7-8H,2-6,10H2,1H3,(H,11,12). The van der Waals surface area contributed by atoms with Crippen molar-refractivity contribution in [3.05, 3.63) is 0 Å². The summed E-state index contributed by atoms with van der Waals surface area (Å²) in [5.41, 5.74) is 5.58. The van der Waals surface area contributed by atoms with E-state index < -0.39 is 0 Å². The molecule has 76 valence electrons. The summed E-state index contributed by atoms with van der Waals surface area (Å²) >= 11 is 0. The minimum Gasteiger partial charge on any atom is -0.450 e. The molecule has 1 fully saturated rings. The van der Waals surface area contributed by atoms with Crippen LogP contribution in [0, 0.1) is 5.92 Å². The van der Waals surface area contributed by atoms with Gasteiger partial charge in [0.25, 0.3) is 0 Å². The van der Waals surface area contributed by atoms with Gasteiger partial charge in [0.2, 0.25) is 0 Å². The summed E-state index contributed by atoms with van der Waals surface area (Å²) in [5.74, 6) is 0.435. The van der Waals surface area contributed by atoms with Crippen LogP contribution in [-0.2, 0) is 4.74 Å². The molecule has 0 spiro atoms. The van der Waals surface area contributed by atoms with Gasteiger partial charge in [-0.05, 0) is 32.2 Å². The zero-order valence-corrected chi connectivity index (χ0v) is 8.08. The third-order valence-corrected chi connectivity index (χ3v) is 2.54. The van der Waals surface area contributed by atoms with E-state index in [-0.39, 0.29) is 12.1 Å². The van der Waals surface area contributed by atoms with E-state index in [1.807, 2.05) is 0 Å². The van der Waals surface area contributed by atoms with Gasteiger partial charge in [-0.15, -0.1) is 0 Å². The number of alkyl carbamates (subject to hydrolysis) is 1. The molecule has 1 aliphatic rings. The van der Waals surface area contributed by atoms with Crippen molar-refractivity contribution in [2.45, 2.75) is 32.2 Å². The van der Waals surface area contributed by atoms with Crippen molar-refractivity contribution in [1.29, 1.82) is 0 Å². The van der Waals surface area contributed by atoms with Crippen molar-refractivity contribution in [2.75, 3.05) is 13.2 Å². The Hall–Kier alpha value is -0.770. The number of nitrogens with two attached hydrogens (primary N) is 1. The Bertz CT molecular complexity index is 173. The molecule has 0 aromatic rings. The number of amides is 1. The number of hydrogen-bond donors (Lipinski definition) is 2. The molecular formula is C9H18N2O2. The Balaban J connectivity index is 2.30. The fourth-order valence-corrected chi connectivity index (χ4v) is 1.83. The fraction of sp³-hybridized carbons (Fsp3) is 0.889. The van der Waals surface area contributed by atoms with Crippen molar-refractivity contribution < 1.29 is 9.53 Å². The summed E-state index contributed by atoms with van der Waals surface area (Å²) in [6.07, 6.45) is 2.99. The first kappa shape index (κ1) is 10.3. The molecule has 3 N–H and O–H groups in total. The number of carbonyl (C=O) groups excluding carboxylic acids is 1. The first-order chi connectivity index (χ1) is 6.27. The molecule has 0 aliphatic heterocycles. The summed E-state index contributed by atoms with van der Waals surface area (Å²) in [4.78, 5) is 11.1. The Morgan fingerprint density at radius 2 is 2.38 bits per heavy atom. The molecule has 2 atom stereocenters. The third kappa shape index (κ3) is 2.88. The van der Waals surface area contributed by atoms with Crippen LogP contribution in [0.2, 0.25) is 0 Å². The van der Waals surface area contributed by atoms with Crippen LogP contribution < -0.4 is 11.1 Å². The number of nitrogens with one attached hydrogen (secondary N) is 1. The molecule has 13 heavy (non-hydrogen) atoms. The molecule has 2 unspecified atom stereocenters. The van der Waals surface area contributed by atoms with Gasteiger partial charge < -0.3 is 15.8 Å². The van der Waals surface area contributed by atoms with Crippen LogP contribution >= 0.6 is 0 Å². The highest BCUT2D eigenvalue weighted by Gasteiger charge is 2.27. The molecule has 0 heterocycles. The quantitative estimate of drug-likeness (QED) is 0.687. The first-order valence-electron chi connectivity index (χ1n) is 4.91. The molecule has 4 heteroatoms. The Morgan fingerprint density at radius 1 is 1.62 bits per heavy atom. The largest absolute Gasteiger partial charge is 0.450 e. The second-order valence-electron chi connectivity index (χ2n) is 3.40. The molecule has 1 aliphatic carbocycles. The van der Waals surface area contributed by atoms with E-state index >= 15 is 0 Å². The molecule has 0 aromatic carbocycles. The lowest BCUT2D eigenvalue weighted by Crippen LogP contribution is -2.40. The second-order valence-corrected chi connectivity index (χ2v) is 3.40. The fourth-order valence-electron chi connectivity index (χ4n) is 1.83. The predicted molar refractivity (Wildman–Crippen MR) is 50.3 cm³/mol. The van der Waals surface area contributed by atoms with Gasteiger partial charge in [0.15, 0.2) is 0 Å². The van der Waals surface area contributed by atoms with E-state index in [4.69, 9.17) is 10.5 Å². The van der Waals surface area contributed by atoms with E-state index in [2.05, 4.69) is 5.32 Å². The zero-order valence-electron chi connectivity index (χ0n) is 8.08. The van der Waals surface area contributed by atoms with E-state index in [0.717, 1.165) is 19.3 Å². The van der Waals surface area contributed by atoms with Gasteiger partial charge in [-0.2, -0.15) is 0 Å².